The van der Waals surface area contributed by atoms with Crippen molar-refractivity contribution in [3.05, 3.63) is 0 Å². The Hall–Kier alpha value is -0.910. The number of carboxylic acid groups (broad SMARTS) is 1. The highest BCUT2D eigenvalue weighted by Crippen LogP contribution is 2.25. The zero-order chi connectivity index (χ0) is 14.9. The van der Waals surface area contributed by atoms with E-state index in [-0.39, 0.29) is 17.9 Å². The molecule has 0 aromatic heterocycles. The summed E-state index contributed by atoms with van der Waals surface area (Å²) in [6.07, 6.45) is 3.57. The second-order valence-electron chi connectivity index (χ2n) is 5.49. The molecule has 0 spiro atoms. The van der Waals surface area contributed by atoms with E-state index in [1.165, 1.54) is 0 Å². The fourth-order valence-electron chi connectivity index (χ4n) is 1.47. The minimum absolute atomic E-state index is 0.0712. The van der Waals surface area contributed by atoms with Crippen molar-refractivity contribution in [3.8, 4) is 0 Å². The minimum Gasteiger partial charge on any atom is -0.481 e. The highest BCUT2D eigenvalue weighted by Gasteiger charge is 2.19. The van der Waals surface area contributed by atoms with Gasteiger partial charge >= 0.3 is 12.0 Å². The summed E-state index contributed by atoms with van der Waals surface area (Å²) in [6.45, 7) is 7.30. The molecule has 0 aromatic carbocycles. The van der Waals surface area contributed by atoms with Gasteiger partial charge in [-0.25, -0.2) is 4.79 Å². The van der Waals surface area contributed by atoms with Gasteiger partial charge in [0.25, 0.3) is 0 Å². The fourth-order valence-corrected chi connectivity index (χ4v) is 1.72. The Balaban J connectivity index is 3.76. The maximum absolute atomic E-state index is 11.5. The van der Waals surface area contributed by atoms with Crippen LogP contribution in [0.4, 0.5) is 4.79 Å². The number of hydrogen-bond donors (Lipinski definition) is 3. The summed E-state index contributed by atoms with van der Waals surface area (Å²) in [5.41, 5.74) is -0.0712. The lowest BCUT2D eigenvalue weighted by Gasteiger charge is -2.23. The van der Waals surface area contributed by atoms with Gasteiger partial charge in [0.15, 0.2) is 0 Å². The molecule has 19 heavy (non-hydrogen) atoms. The Morgan fingerprint density at radius 2 is 1.89 bits per heavy atom. The zero-order valence-corrected chi connectivity index (χ0v) is 13.1. The van der Waals surface area contributed by atoms with Crippen molar-refractivity contribution in [3.63, 3.8) is 0 Å². The molecule has 0 aliphatic carbocycles. The first-order valence-electron chi connectivity index (χ1n) is 6.53. The van der Waals surface area contributed by atoms with Gasteiger partial charge in [-0.3, -0.25) is 4.79 Å². The van der Waals surface area contributed by atoms with Crippen molar-refractivity contribution in [2.45, 2.75) is 45.3 Å². The second-order valence-corrected chi connectivity index (χ2v) is 6.77. The van der Waals surface area contributed by atoms with E-state index in [2.05, 4.69) is 17.6 Å². The Bertz CT molecular complexity index is 296. The summed E-state index contributed by atoms with van der Waals surface area (Å²) in [5.74, 6) is -0.773. The molecule has 0 aliphatic rings. The maximum Gasteiger partial charge on any atom is 0.314 e. The van der Waals surface area contributed by atoms with Crippen molar-refractivity contribution in [2.75, 3.05) is 19.3 Å². The van der Waals surface area contributed by atoms with Crippen LogP contribution in [0.2, 0.25) is 0 Å². The second kappa shape index (κ2) is 9.07. The molecule has 2 amide bonds. The van der Waals surface area contributed by atoms with Crippen LogP contribution in [0.15, 0.2) is 0 Å². The lowest BCUT2D eigenvalue weighted by Crippen LogP contribution is -2.39. The average Bonchev–Trinajstić information content (AvgIpc) is 2.33. The highest BCUT2D eigenvalue weighted by molar-refractivity contribution is 7.99. The van der Waals surface area contributed by atoms with Crippen LogP contribution in [0.5, 0.6) is 0 Å². The van der Waals surface area contributed by atoms with E-state index >= 15 is 0 Å². The number of nitrogens with one attached hydrogen (secondary N) is 2. The molecule has 6 heteroatoms. The van der Waals surface area contributed by atoms with Crippen LogP contribution in [0.3, 0.4) is 0 Å². The molecule has 0 saturated heterocycles. The van der Waals surface area contributed by atoms with Gasteiger partial charge in [-0.15, -0.1) is 0 Å². The third-order valence-corrected chi connectivity index (χ3v) is 4.03. The van der Waals surface area contributed by atoms with E-state index in [1.54, 1.807) is 11.8 Å². The van der Waals surface area contributed by atoms with Crippen LogP contribution in [-0.2, 0) is 4.79 Å². The van der Waals surface area contributed by atoms with Crippen molar-refractivity contribution >= 4 is 23.8 Å². The first-order valence-corrected chi connectivity index (χ1v) is 7.82. The largest absolute Gasteiger partial charge is 0.481 e. The standard InChI is InChI=1S/C13H26N2O3S/c1-10(19-4)9-15-12(18)14-8-7-13(2,3)6-5-11(16)17/h10H,5-9H2,1-4H3,(H,16,17)(H2,14,15,18). The van der Waals surface area contributed by atoms with Gasteiger partial charge in [0.2, 0.25) is 0 Å². The SMILES string of the molecule is CSC(C)CNC(=O)NCCC(C)(C)CCC(=O)O. The third kappa shape index (κ3) is 10.7. The Morgan fingerprint density at radius 3 is 2.42 bits per heavy atom. The lowest BCUT2D eigenvalue weighted by molar-refractivity contribution is -0.137. The normalized spacial score (nSPS) is 12.8. The number of hydrogen-bond acceptors (Lipinski definition) is 3. The minimum atomic E-state index is -0.773. The summed E-state index contributed by atoms with van der Waals surface area (Å²) in [5, 5.41) is 14.7. The first kappa shape index (κ1) is 18.1. The number of amides is 2. The topological polar surface area (TPSA) is 78.4 Å². The smallest absolute Gasteiger partial charge is 0.314 e. The van der Waals surface area contributed by atoms with E-state index < -0.39 is 5.97 Å². The summed E-state index contributed by atoms with van der Waals surface area (Å²) < 4.78 is 0. The molecule has 0 heterocycles. The molecule has 0 radical (unpaired) electrons. The molecule has 1 unspecified atom stereocenters. The lowest BCUT2D eigenvalue weighted by atomic mass is 9.84. The number of carbonyl (C=O) groups is 2. The van der Waals surface area contributed by atoms with Gasteiger partial charge in [0.1, 0.15) is 0 Å². The Labute approximate surface area is 119 Å². The molecule has 3 N–H and O–H groups in total. The van der Waals surface area contributed by atoms with Gasteiger partial charge in [0.05, 0.1) is 0 Å². The van der Waals surface area contributed by atoms with Crippen LogP contribution < -0.4 is 10.6 Å². The molecule has 0 rings (SSSR count). The van der Waals surface area contributed by atoms with Gasteiger partial charge < -0.3 is 15.7 Å². The van der Waals surface area contributed by atoms with Crippen LogP contribution in [0, 0.1) is 5.41 Å². The van der Waals surface area contributed by atoms with Gasteiger partial charge in [-0.2, -0.15) is 11.8 Å². The Morgan fingerprint density at radius 1 is 1.26 bits per heavy atom. The monoisotopic (exact) mass is 290 g/mol. The molecule has 0 bridgehead atoms. The average molecular weight is 290 g/mol. The molecular formula is C13H26N2O3S. The zero-order valence-electron chi connectivity index (χ0n) is 12.3. The number of aliphatic carboxylic acids is 1. The van der Waals surface area contributed by atoms with E-state index in [9.17, 15) is 9.59 Å². The summed E-state index contributed by atoms with van der Waals surface area (Å²) in [4.78, 5) is 22.0. The molecule has 0 fully saturated rings. The molecule has 5 nitrogen and oxygen atoms in total. The van der Waals surface area contributed by atoms with Crippen molar-refractivity contribution < 1.29 is 14.7 Å². The maximum atomic E-state index is 11.5. The van der Waals surface area contributed by atoms with Crippen LogP contribution in [0.25, 0.3) is 0 Å². The third-order valence-electron chi connectivity index (χ3n) is 3.06. The van der Waals surface area contributed by atoms with Crippen molar-refractivity contribution in [1.29, 1.82) is 0 Å². The number of thioether (sulfide) groups is 1. The number of urea groups is 1. The number of carboxylic acids is 1. The molecule has 0 aliphatic heterocycles. The van der Waals surface area contributed by atoms with Crippen molar-refractivity contribution in [1.82, 2.24) is 10.6 Å². The van der Waals surface area contributed by atoms with E-state index in [1.807, 2.05) is 20.1 Å². The predicted octanol–water partition coefficient (Wildman–Crippen LogP) is 2.32. The number of carbonyl (C=O) groups excluding carboxylic acids is 1. The Kier molecular flexibility index (Phi) is 8.63. The fraction of sp³-hybridized carbons (Fsp3) is 0.846. The molecular weight excluding hydrogens is 264 g/mol. The van der Waals surface area contributed by atoms with Gasteiger partial charge in [-0.05, 0) is 24.5 Å². The molecule has 1 atom stereocenters. The van der Waals surface area contributed by atoms with E-state index in [0.29, 0.717) is 24.8 Å². The summed E-state index contributed by atoms with van der Waals surface area (Å²) in [6, 6.07) is -0.157. The van der Waals surface area contributed by atoms with Crippen molar-refractivity contribution in [2.24, 2.45) is 5.41 Å². The van der Waals surface area contributed by atoms with Crippen LogP contribution >= 0.6 is 11.8 Å². The quantitative estimate of drug-likeness (QED) is 0.609. The molecule has 0 saturated carbocycles. The van der Waals surface area contributed by atoms with Gasteiger partial charge in [-0.1, -0.05) is 20.8 Å². The molecule has 112 valence electrons. The molecule has 0 aromatic rings. The summed E-state index contributed by atoms with van der Waals surface area (Å²) >= 11 is 1.71. The first-order chi connectivity index (χ1) is 8.76. The van der Waals surface area contributed by atoms with Crippen LogP contribution in [-0.4, -0.2) is 41.7 Å². The summed E-state index contributed by atoms with van der Waals surface area (Å²) in [7, 11) is 0. The predicted molar refractivity (Wildman–Crippen MR) is 79.6 cm³/mol. The number of rotatable bonds is 9. The van der Waals surface area contributed by atoms with Gasteiger partial charge in [0, 0.05) is 24.8 Å². The van der Waals surface area contributed by atoms with E-state index in [0.717, 1.165) is 6.42 Å². The van der Waals surface area contributed by atoms with E-state index in [4.69, 9.17) is 5.11 Å². The van der Waals surface area contributed by atoms with Crippen LogP contribution in [0.1, 0.15) is 40.0 Å². The highest BCUT2D eigenvalue weighted by atomic mass is 32.2.